The van der Waals surface area contributed by atoms with Crippen LogP contribution >= 0.6 is 0 Å². The minimum atomic E-state index is -1.29. The molecule has 0 radical (unpaired) electrons. The molecule has 0 aliphatic heterocycles. The van der Waals surface area contributed by atoms with E-state index >= 15 is 0 Å². The first-order valence-corrected chi connectivity index (χ1v) is 10.2. The number of ether oxygens (including phenoxy) is 1. The van der Waals surface area contributed by atoms with Gasteiger partial charge in [-0.25, -0.2) is 4.79 Å². The van der Waals surface area contributed by atoms with Gasteiger partial charge < -0.3 is 15.6 Å². The Labute approximate surface area is 157 Å². The van der Waals surface area contributed by atoms with Crippen molar-refractivity contribution in [3.8, 4) is 0 Å². The van der Waals surface area contributed by atoms with Crippen molar-refractivity contribution in [2.45, 2.75) is 109 Å². The maximum Gasteiger partial charge on any atom is 0.331 e. The highest BCUT2D eigenvalue weighted by atomic mass is 16.6. The van der Waals surface area contributed by atoms with Gasteiger partial charge in [0.05, 0.1) is 6.42 Å². The van der Waals surface area contributed by atoms with Crippen LogP contribution in [0.5, 0.6) is 0 Å². The SMILES string of the molecule is CCCCCCCCCCCCCCCC(=O)OC(=O)C(N)CC(=O)O. The molecule has 0 fully saturated rings. The zero-order valence-corrected chi connectivity index (χ0v) is 16.3. The number of nitrogens with two attached hydrogens (primary N) is 1. The molecular formula is C20H37NO5. The average molecular weight is 372 g/mol. The molecule has 1 atom stereocenters. The largest absolute Gasteiger partial charge is 0.481 e. The predicted molar refractivity (Wildman–Crippen MR) is 102 cm³/mol. The first-order valence-electron chi connectivity index (χ1n) is 10.2. The summed E-state index contributed by atoms with van der Waals surface area (Å²) in [6.45, 7) is 2.24. The number of hydrogen-bond donors (Lipinski definition) is 2. The summed E-state index contributed by atoms with van der Waals surface area (Å²) in [5, 5.41) is 8.53. The molecule has 0 saturated carbocycles. The molecule has 6 heteroatoms. The lowest BCUT2D eigenvalue weighted by molar-refractivity contribution is -0.162. The Hall–Kier alpha value is -1.43. The van der Waals surface area contributed by atoms with E-state index in [0.29, 0.717) is 6.42 Å². The van der Waals surface area contributed by atoms with Crippen molar-refractivity contribution < 1.29 is 24.2 Å². The Morgan fingerprint density at radius 2 is 1.23 bits per heavy atom. The molecule has 0 aromatic rings. The van der Waals surface area contributed by atoms with Gasteiger partial charge in [0.15, 0.2) is 0 Å². The smallest absolute Gasteiger partial charge is 0.331 e. The zero-order valence-electron chi connectivity index (χ0n) is 16.3. The highest BCUT2D eigenvalue weighted by molar-refractivity contribution is 5.90. The number of esters is 2. The third kappa shape index (κ3) is 16.1. The van der Waals surface area contributed by atoms with Crippen LogP contribution in [0.1, 0.15) is 103 Å². The van der Waals surface area contributed by atoms with Gasteiger partial charge in [0.2, 0.25) is 0 Å². The van der Waals surface area contributed by atoms with Crippen LogP contribution < -0.4 is 5.73 Å². The highest BCUT2D eigenvalue weighted by Crippen LogP contribution is 2.13. The van der Waals surface area contributed by atoms with Crippen LogP contribution in [0.25, 0.3) is 0 Å². The Morgan fingerprint density at radius 3 is 1.65 bits per heavy atom. The van der Waals surface area contributed by atoms with E-state index in [0.717, 1.165) is 12.8 Å². The van der Waals surface area contributed by atoms with Crippen molar-refractivity contribution in [2.24, 2.45) is 5.73 Å². The maximum absolute atomic E-state index is 11.5. The number of aliphatic carboxylic acids is 1. The van der Waals surface area contributed by atoms with Crippen LogP contribution in [0, 0.1) is 0 Å². The number of unbranched alkanes of at least 4 members (excludes halogenated alkanes) is 12. The van der Waals surface area contributed by atoms with Crippen molar-refractivity contribution in [3.63, 3.8) is 0 Å². The zero-order chi connectivity index (χ0) is 19.6. The Morgan fingerprint density at radius 1 is 0.808 bits per heavy atom. The molecule has 1 unspecified atom stereocenters. The number of carbonyl (C=O) groups excluding carboxylic acids is 2. The van der Waals surface area contributed by atoms with E-state index in [1.807, 2.05) is 0 Å². The lowest BCUT2D eigenvalue weighted by atomic mass is 10.0. The normalized spacial score (nSPS) is 11.9. The van der Waals surface area contributed by atoms with Gasteiger partial charge in [0.1, 0.15) is 6.04 Å². The molecular weight excluding hydrogens is 334 g/mol. The van der Waals surface area contributed by atoms with Gasteiger partial charge in [0, 0.05) is 6.42 Å². The quantitative estimate of drug-likeness (QED) is 0.224. The van der Waals surface area contributed by atoms with Crippen LogP contribution in [0.15, 0.2) is 0 Å². The van der Waals surface area contributed by atoms with Crippen molar-refractivity contribution in [2.75, 3.05) is 0 Å². The van der Waals surface area contributed by atoms with Gasteiger partial charge in [-0.2, -0.15) is 0 Å². The highest BCUT2D eigenvalue weighted by Gasteiger charge is 2.21. The Balaban J connectivity index is 3.40. The summed E-state index contributed by atoms with van der Waals surface area (Å²) in [6.07, 6.45) is 15.4. The molecule has 0 aliphatic carbocycles. The molecule has 0 rings (SSSR count). The third-order valence-corrected chi connectivity index (χ3v) is 4.40. The molecule has 0 amide bonds. The van der Waals surface area contributed by atoms with Gasteiger partial charge in [0.25, 0.3) is 0 Å². The summed E-state index contributed by atoms with van der Waals surface area (Å²) in [5.74, 6) is -2.79. The Kier molecular flexibility index (Phi) is 16.1. The first kappa shape index (κ1) is 24.6. The topological polar surface area (TPSA) is 107 Å². The fraction of sp³-hybridized carbons (Fsp3) is 0.850. The van der Waals surface area contributed by atoms with Gasteiger partial charge >= 0.3 is 17.9 Å². The van der Waals surface area contributed by atoms with Crippen molar-refractivity contribution in [1.82, 2.24) is 0 Å². The maximum atomic E-state index is 11.5. The van der Waals surface area contributed by atoms with Gasteiger partial charge in [-0.3, -0.25) is 9.59 Å². The molecule has 0 aromatic heterocycles. The minimum Gasteiger partial charge on any atom is -0.481 e. The van der Waals surface area contributed by atoms with Crippen molar-refractivity contribution >= 4 is 17.9 Å². The number of rotatable bonds is 17. The monoisotopic (exact) mass is 371 g/mol. The lowest BCUT2D eigenvalue weighted by Crippen LogP contribution is -2.35. The molecule has 0 saturated heterocycles. The average Bonchev–Trinajstić information content (AvgIpc) is 2.58. The van der Waals surface area contributed by atoms with Crippen LogP contribution in [-0.2, 0) is 19.1 Å². The minimum absolute atomic E-state index is 0.170. The summed E-state index contributed by atoms with van der Waals surface area (Å²) >= 11 is 0. The molecule has 0 aliphatic rings. The van der Waals surface area contributed by atoms with E-state index in [-0.39, 0.29) is 6.42 Å². The molecule has 0 aromatic carbocycles. The second-order valence-electron chi connectivity index (χ2n) is 6.99. The van der Waals surface area contributed by atoms with Gasteiger partial charge in [-0.05, 0) is 6.42 Å². The van der Waals surface area contributed by atoms with Crippen LogP contribution in [0.2, 0.25) is 0 Å². The fourth-order valence-electron chi connectivity index (χ4n) is 2.80. The Bertz CT molecular complexity index is 398. The van der Waals surface area contributed by atoms with E-state index in [9.17, 15) is 14.4 Å². The lowest BCUT2D eigenvalue weighted by Gasteiger charge is -2.08. The summed E-state index contributed by atoms with van der Waals surface area (Å²) in [5.41, 5.74) is 5.33. The van der Waals surface area contributed by atoms with Gasteiger partial charge in [-0.1, -0.05) is 84.0 Å². The second kappa shape index (κ2) is 17.0. The number of carbonyl (C=O) groups is 3. The second-order valence-corrected chi connectivity index (χ2v) is 6.99. The summed E-state index contributed by atoms with van der Waals surface area (Å²) in [6, 6.07) is -1.29. The fourth-order valence-corrected chi connectivity index (χ4v) is 2.80. The number of carboxylic acids is 1. The van der Waals surface area contributed by atoms with Crippen LogP contribution in [0.3, 0.4) is 0 Å². The number of hydrogen-bond acceptors (Lipinski definition) is 5. The van der Waals surface area contributed by atoms with Gasteiger partial charge in [-0.15, -0.1) is 0 Å². The van der Waals surface area contributed by atoms with E-state index in [2.05, 4.69) is 11.7 Å². The number of carboxylic acid groups (broad SMARTS) is 1. The summed E-state index contributed by atoms with van der Waals surface area (Å²) in [4.78, 5) is 33.3. The van der Waals surface area contributed by atoms with E-state index in [1.165, 1.54) is 64.2 Å². The van der Waals surface area contributed by atoms with E-state index < -0.39 is 30.4 Å². The van der Waals surface area contributed by atoms with Crippen LogP contribution in [-0.4, -0.2) is 29.1 Å². The van der Waals surface area contributed by atoms with E-state index in [1.54, 1.807) is 0 Å². The third-order valence-electron chi connectivity index (χ3n) is 4.40. The van der Waals surface area contributed by atoms with Crippen molar-refractivity contribution in [1.29, 1.82) is 0 Å². The molecule has 0 spiro atoms. The van der Waals surface area contributed by atoms with Crippen molar-refractivity contribution in [3.05, 3.63) is 0 Å². The predicted octanol–water partition coefficient (Wildman–Crippen LogP) is 4.34. The molecule has 152 valence electrons. The molecule has 0 heterocycles. The summed E-state index contributed by atoms with van der Waals surface area (Å²) in [7, 11) is 0. The summed E-state index contributed by atoms with van der Waals surface area (Å²) < 4.78 is 4.55. The molecule has 6 nitrogen and oxygen atoms in total. The molecule has 0 bridgehead atoms. The standard InChI is InChI=1S/C20H37NO5/c1-2-3-4-5-6-7-8-9-10-11-12-13-14-15-19(24)26-20(25)17(21)16-18(22)23/h17H,2-16,21H2,1H3,(H,22,23). The molecule has 3 N–H and O–H groups in total. The first-order chi connectivity index (χ1) is 12.5. The van der Waals surface area contributed by atoms with E-state index in [4.69, 9.17) is 10.8 Å². The van der Waals surface area contributed by atoms with Crippen LogP contribution in [0.4, 0.5) is 0 Å². The molecule has 26 heavy (non-hydrogen) atoms.